The Balaban J connectivity index is 1.59. The molecule has 0 unspecified atom stereocenters. The molecule has 36 heavy (non-hydrogen) atoms. The van der Waals surface area contributed by atoms with Gasteiger partial charge >= 0.3 is 5.84 Å². The fourth-order valence-electron chi connectivity index (χ4n) is 4.71. The standard InChI is InChI=1S/C28H30N4O4/c1-25(2)27(5,6)31(35)23(29-25)15-9-11-17-19(13-15)22(34)20-14-16(10-12-18(20)21(17)33)24-30-26(3,4)28(7,8)32(24)36/h9-14H,1-8H3. The molecule has 8 heteroatoms. The van der Waals surface area contributed by atoms with Crippen molar-refractivity contribution in [1.29, 1.82) is 0 Å². The average molecular weight is 487 g/mol. The summed E-state index contributed by atoms with van der Waals surface area (Å²) in [6, 6.07) is 9.65. The predicted octanol–water partition coefficient (Wildman–Crippen LogP) is 4.68. The Morgan fingerprint density at radius 2 is 1.22 bits per heavy atom. The number of aliphatic imine (C=N–C) groups is 2. The van der Waals surface area contributed by atoms with Crippen LogP contribution >= 0.6 is 0 Å². The third-order valence-electron chi connectivity index (χ3n) is 8.70. The van der Waals surface area contributed by atoms with Crippen molar-refractivity contribution in [2.24, 2.45) is 9.98 Å². The minimum absolute atomic E-state index is 0.216. The highest BCUT2D eigenvalue weighted by Crippen LogP contribution is 2.40. The zero-order chi connectivity index (χ0) is 26.6. The molecule has 5 rings (SSSR count). The average Bonchev–Trinajstić information content (AvgIpc) is 3.08. The van der Waals surface area contributed by atoms with Gasteiger partial charge in [0.1, 0.15) is 5.84 Å². The minimum Gasteiger partial charge on any atom is -0.757 e. The molecule has 0 aromatic heterocycles. The van der Waals surface area contributed by atoms with Crippen molar-refractivity contribution in [2.75, 3.05) is 0 Å². The maximum Gasteiger partial charge on any atom is 0.364 e. The normalized spacial score (nSPS) is 22.8. The van der Waals surface area contributed by atoms with Crippen molar-refractivity contribution < 1.29 is 14.3 Å². The lowest BCUT2D eigenvalue weighted by Gasteiger charge is -2.45. The Hall–Kier alpha value is -3.52. The van der Waals surface area contributed by atoms with Gasteiger partial charge in [-0.15, -0.1) is 0 Å². The van der Waals surface area contributed by atoms with Gasteiger partial charge in [0.2, 0.25) is 0 Å². The summed E-state index contributed by atoms with van der Waals surface area (Å²) in [5.74, 6) is -0.148. The van der Waals surface area contributed by atoms with Gasteiger partial charge in [-0.25, -0.2) is 0 Å². The molecule has 2 aromatic rings. The number of fused-ring (bicyclic) bond motifs is 2. The third kappa shape index (κ3) is 2.97. The van der Waals surface area contributed by atoms with Crippen molar-refractivity contribution in [3.8, 4) is 0 Å². The monoisotopic (exact) mass is 486 g/mol. The summed E-state index contributed by atoms with van der Waals surface area (Å²) >= 11 is 0. The molecule has 2 aromatic carbocycles. The summed E-state index contributed by atoms with van der Waals surface area (Å²) in [5.41, 5.74) is -0.836. The number of hydroxylamine groups is 2. The number of hydrogen-bond donors (Lipinski definition) is 0. The quantitative estimate of drug-likeness (QED) is 0.489. The molecule has 186 valence electrons. The highest BCUT2D eigenvalue weighted by molar-refractivity contribution is 6.29. The van der Waals surface area contributed by atoms with E-state index in [0.29, 0.717) is 11.1 Å². The number of amidine groups is 2. The van der Waals surface area contributed by atoms with E-state index in [4.69, 9.17) is 0 Å². The molecule has 8 nitrogen and oxygen atoms in total. The summed E-state index contributed by atoms with van der Waals surface area (Å²) < 4.78 is 0.875. The lowest BCUT2D eigenvalue weighted by atomic mass is 9.82. The van der Waals surface area contributed by atoms with Gasteiger partial charge in [-0.1, -0.05) is 16.0 Å². The van der Waals surface area contributed by atoms with Crippen LogP contribution in [0.25, 0.3) is 0 Å². The Bertz CT molecular complexity index is 1460. The number of carbonyl (C=O) groups excluding carboxylic acids is 2. The van der Waals surface area contributed by atoms with Gasteiger partial charge in [0.15, 0.2) is 22.6 Å². The second kappa shape index (κ2) is 7.03. The molecular formula is C28H30N4O4. The molecule has 1 aliphatic carbocycles. The number of benzene rings is 2. The number of ketones is 2. The third-order valence-corrected chi connectivity index (χ3v) is 8.70. The van der Waals surface area contributed by atoms with Gasteiger partial charge in [0.25, 0.3) is 0 Å². The molecule has 0 saturated heterocycles. The van der Waals surface area contributed by atoms with E-state index in [-0.39, 0.29) is 45.5 Å². The van der Waals surface area contributed by atoms with Crippen LogP contribution in [-0.2, 0) is 0 Å². The van der Waals surface area contributed by atoms with Gasteiger partial charge in [0, 0.05) is 33.4 Å². The maximum absolute atomic E-state index is 13.6. The van der Waals surface area contributed by atoms with E-state index in [2.05, 4.69) is 9.98 Å². The fraction of sp³-hybridized carbons (Fsp3) is 0.429. The second-order valence-corrected chi connectivity index (χ2v) is 11.9. The zero-order valence-electron chi connectivity index (χ0n) is 21.9. The summed E-state index contributed by atoms with van der Waals surface area (Å²) in [6.07, 6.45) is 0. The smallest absolute Gasteiger partial charge is 0.364 e. The topological polar surface area (TPSA) is 105 Å². The first-order valence-electron chi connectivity index (χ1n) is 12.0. The second-order valence-electron chi connectivity index (χ2n) is 11.9. The van der Waals surface area contributed by atoms with Crippen LogP contribution in [-0.4, -0.2) is 55.2 Å². The Kier molecular flexibility index (Phi) is 4.73. The highest BCUT2D eigenvalue weighted by Gasteiger charge is 2.59. The molecule has 0 bridgehead atoms. The number of nitrogens with zero attached hydrogens (tertiary/aromatic N) is 4. The van der Waals surface area contributed by atoms with Gasteiger partial charge in [-0.2, -0.15) is 0 Å². The molecule has 0 atom stereocenters. The van der Waals surface area contributed by atoms with Crippen LogP contribution in [0.15, 0.2) is 46.4 Å². The van der Waals surface area contributed by atoms with Gasteiger partial charge in [-0.05, 0) is 90.5 Å². The summed E-state index contributed by atoms with van der Waals surface area (Å²) in [5, 5.41) is 13.9. The molecule has 2 aliphatic heterocycles. The number of nitroso groups, excluding NO2 is 1. The Morgan fingerprint density at radius 3 is 1.69 bits per heavy atom. The predicted molar refractivity (Wildman–Crippen MR) is 138 cm³/mol. The first-order chi connectivity index (χ1) is 16.5. The van der Waals surface area contributed by atoms with Crippen LogP contribution in [0.5, 0.6) is 0 Å². The summed E-state index contributed by atoms with van der Waals surface area (Å²) in [7, 11) is 0. The van der Waals surface area contributed by atoms with E-state index in [1.165, 1.54) is 0 Å². The van der Waals surface area contributed by atoms with Crippen molar-refractivity contribution in [3.63, 3.8) is 0 Å². The minimum atomic E-state index is -0.771. The van der Waals surface area contributed by atoms with E-state index in [1.807, 2.05) is 55.4 Å². The van der Waals surface area contributed by atoms with Crippen molar-refractivity contribution in [1.82, 2.24) is 5.06 Å². The van der Waals surface area contributed by atoms with Gasteiger partial charge < -0.3 is 10.3 Å². The van der Waals surface area contributed by atoms with E-state index >= 15 is 0 Å². The van der Waals surface area contributed by atoms with E-state index < -0.39 is 22.2 Å². The largest absolute Gasteiger partial charge is 0.757 e. The van der Waals surface area contributed by atoms with E-state index in [0.717, 1.165) is 9.82 Å². The molecule has 0 N–H and O–H groups in total. The molecule has 0 amide bonds. The first-order valence-corrected chi connectivity index (χ1v) is 12.0. The van der Waals surface area contributed by atoms with Crippen molar-refractivity contribution in [2.45, 2.75) is 77.5 Å². The number of carbonyl (C=O) groups is 2. The van der Waals surface area contributed by atoms with Crippen molar-refractivity contribution >= 4 is 23.2 Å². The molecule has 0 fully saturated rings. The zero-order valence-corrected chi connectivity index (χ0v) is 21.9. The van der Waals surface area contributed by atoms with E-state index in [1.54, 1.807) is 36.4 Å². The van der Waals surface area contributed by atoms with Crippen LogP contribution in [0.4, 0.5) is 0 Å². The number of rotatable bonds is 2. The number of hydrogen-bond acceptors (Lipinski definition) is 7. The van der Waals surface area contributed by atoms with Crippen LogP contribution < -0.4 is 0 Å². The van der Waals surface area contributed by atoms with Crippen LogP contribution in [0.2, 0.25) is 0 Å². The lowest BCUT2D eigenvalue weighted by molar-refractivity contribution is -0.514. The van der Waals surface area contributed by atoms with E-state index in [9.17, 15) is 19.7 Å². The Labute approximate surface area is 210 Å². The van der Waals surface area contributed by atoms with Crippen molar-refractivity contribution in [3.05, 3.63) is 79.9 Å². The molecule has 2 heterocycles. The first kappa shape index (κ1) is 24.2. The van der Waals surface area contributed by atoms with Crippen LogP contribution in [0.3, 0.4) is 0 Å². The van der Waals surface area contributed by atoms with Gasteiger partial charge in [-0.3, -0.25) is 14.6 Å². The van der Waals surface area contributed by atoms with Crippen LogP contribution in [0.1, 0.15) is 98.4 Å². The van der Waals surface area contributed by atoms with Gasteiger partial charge in [0.05, 0.1) is 11.1 Å². The molecule has 0 radical (unpaired) electrons. The maximum atomic E-state index is 13.6. The SMILES string of the molecule is CC1(C)N=C(c2ccc3c(c2)C(=O)c2cc(C4=NC(C)(C)C(C)(C)[N+]4=O)ccc2C3=O)N([O-])C1(C)C. The summed E-state index contributed by atoms with van der Waals surface area (Å²) in [6.45, 7) is 14.9. The molecule has 3 aliphatic rings. The fourth-order valence-corrected chi connectivity index (χ4v) is 4.71. The molecule has 0 saturated carbocycles. The lowest BCUT2D eigenvalue weighted by Crippen LogP contribution is -2.50. The summed E-state index contributed by atoms with van der Waals surface area (Å²) in [4.78, 5) is 49.3. The molecule has 0 spiro atoms. The van der Waals surface area contributed by atoms with Crippen LogP contribution in [0, 0.1) is 10.1 Å². The molecular weight excluding hydrogens is 456 g/mol. The highest BCUT2D eigenvalue weighted by atomic mass is 16.5. The Morgan fingerprint density at radius 1 is 0.722 bits per heavy atom.